The van der Waals surface area contributed by atoms with Crippen molar-refractivity contribution in [3.8, 4) is 0 Å². The van der Waals surface area contributed by atoms with Crippen molar-refractivity contribution in [1.29, 1.82) is 0 Å². The SMILES string of the molecule is Cc1ccc(S(=O)(=O)N2CC[C@@H](NCC34CC5CC(CC(C5)C3)C4)[C@@H]2C)cc1. The van der Waals surface area contributed by atoms with Gasteiger partial charge in [0.15, 0.2) is 0 Å². The second kappa shape index (κ2) is 6.82. The second-order valence-corrected chi connectivity index (χ2v) is 12.3. The molecule has 1 aromatic carbocycles. The Morgan fingerprint density at radius 2 is 1.61 bits per heavy atom. The van der Waals surface area contributed by atoms with Gasteiger partial charge in [0.25, 0.3) is 0 Å². The molecule has 1 aromatic rings. The number of sulfonamides is 1. The van der Waals surface area contributed by atoms with E-state index in [1.54, 1.807) is 16.4 Å². The monoisotopic (exact) mass is 402 g/mol. The third-order valence-corrected chi connectivity index (χ3v) is 10.2. The maximum absolute atomic E-state index is 13.1. The Hall–Kier alpha value is -0.910. The minimum absolute atomic E-state index is 0.0141. The number of nitrogens with zero attached hydrogens (tertiary/aromatic N) is 1. The van der Waals surface area contributed by atoms with Crippen LogP contribution >= 0.6 is 0 Å². The molecule has 0 aromatic heterocycles. The Balaban J connectivity index is 1.25. The molecule has 1 aliphatic heterocycles. The smallest absolute Gasteiger partial charge is 0.243 e. The molecule has 0 amide bonds. The molecule has 0 radical (unpaired) electrons. The van der Waals surface area contributed by atoms with Gasteiger partial charge in [-0.05, 0) is 94.1 Å². The van der Waals surface area contributed by atoms with E-state index in [-0.39, 0.29) is 12.1 Å². The molecule has 1 heterocycles. The van der Waals surface area contributed by atoms with Gasteiger partial charge in [0.05, 0.1) is 4.90 Å². The first-order valence-corrected chi connectivity index (χ1v) is 12.6. The molecule has 28 heavy (non-hydrogen) atoms. The zero-order valence-corrected chi connectivity index (χ0v) is 18.0. The third-order valence-electron chi connectivity index (χ3n) is 8.23. The van der Waals surface area contributed by atoms with E-state index in [9.17, 15) is 8.42 Å². The number of hydrogen-bond acceptors (Lipinski definition) is 3. The summed E-state index contributed by atoms with van der Waals surface area (Å²) in [5.41, 5.74) is 1.58. The largest absolute Gasteiger partial charge is 0.312 e. The van der Waals surface area contributed by atoms with Crippen molar-refractivity contribution < 1.29 is 8.42 Å². The summed E-state index contributed by atoms with van der Waals surface area (Å²) >= 11 is 0. The van der Waals surface area contributed by atoms with Crippen LogP contribution in [0.25, 0.3) is 0 Å². The van der Waals surface area contributed by atoms with Gasteiger partial charge >= 0.3 is 0 Å². The molecule has 4 bridgehead atoms. The maximum atomic E-state index is 13.1. The second-order valence-electron chi connectivity index (χ2n) is 10.4. The van der Waals surface area contributed by atoms with Gasteiger partial charge < -0.3 is 5.32 Å². The van der Waals surface area contributed by atoms with Crippen LogP contribution in [0.5, 0.6) is 0 Å². The molecule has 0 unspecified atom stereocenters. The Morgan fingerprint density at radius 1 is 1.04 bits per heavy atom. The molecule has 1 saturated heterocycles. The van der Waals surface area contributed by atoms with Crippen molar-refractivity contribution in [3.63, 3.8) is 0 Å². The molecule has 5 heteroatoms. The van der Waals surface area contributed by atoms with Gasteiger partial charge in [-0.25, -0.2) is 8.42 Å². The Kier molecular flexibility index (Phi) is 4.64. The molecule has 154 valence electrons. The van der Waals surface area contributed by atoms with E-state index in [4.69, 9.17) is 0 Å². The van der Waals surface area contributed by atoms with Crippen molar-refractivity contribution in [2.45, 2.75) is 75.8 Å². The molecular weight excluding hydrogens is 368 g/mol. The summed E-state index contributed by atoms with van der Waals surface area (Å²) in [7, 11) is -3.41. The number of aryl methyl sites for hydroxylation is 1. The fraction of sp³-hybridized carbons (Fsp3) is 0.739. The van der Waals surface area contributed by atoms with Crippen molar-refractivity contribution in [2.75, 3.05) is 13.1 Å². The lowest BCUT2D eigenvalue weighted by Gasteiger charge is -2.57. The first kappa shape index (κ1) is 19.1. The quantitative estimate of drug-likeness (QED) is 0.811. The first-order valence-electron chi connectivity index (χ1n) is 11.2. The van der Waals surface area contributed by atoms with Gasteiger partial charge in [0.2, 0.25) is 10.0 Å². The molecule has 2 atom stereocenters. The van der Waals surface area contributed by atoms with E-state index in [0.29, 0.717) is 16.9 Å². The van der Waals surface area contributed by atoms with Crippen LogP contribution in [0.2, 0.25) is 0 Å². The van der Waals surface area contributed by atoms with Crippen LogP contribution in [0.1, 0.15) is 57.4 Å². The summed E-state index contributed by atoms with van der Waals surface area (Å²) in [6.07, 6.45) is 9.54. The van der Waals surface area contributed by atoms with Crippen molar-refractivity contribution >= 4 is 10.0 Å². The average molecular weight is 403 g/mol. The Bertz CT molecular complexity index is 797. The predicted octanol–water partition coefficient (Wildman–Crippen LogP) is 3.95. The molecule has 4 saturated carbocycles. The van der Waals surface area contributed by atoms with Crippen LogP contribution in [0.15, 0.2) is 29.2 Å². The predicted molar refractivity (Wildman–Crippen MR) is 112 cm³/mol. The average Bonchev–Trinajstić information content (AvgIpc) is 3.01. The third kappa shape index (κ3) is 3.23. The van der Waals surface area contributed by atoms with E-state index in [0.717, 1.165) is 36.3 Å². The molecular formula is C23H34N2O2S. The fourth-order valence-electron chi connectivity index (χ4n) is 7.22. The number of benzene rings is 1. The lowest BCUT2D eigenvalue weighted by molar-refractivity contribution is -0.0526. The summed E-state index contributed by atoms with van der Waals surface area (Å²) in [5, 5.41) is 3.84. The van der Waals surface area contributed by atoms with Gasteiger partial charge in [-0.2, -0.15) is 4.31 Å². The van der Waals surface area contributed by atoms with Crippen LogP contribution in [-0.4, -0.2) is 37.9 Å². The minimum atomic E-state index is -3.41. The fourth-order valence-corrected chi connectivity index (χ4v) is 8.90. The molecule has 6 rings (SSSR count). The van der Waals surface area contributed by atoms with Gasteiger partial charge in [-0.3, -0.25) is 0 Å². The summed E-state index contributed by atoms with van der Waals surface area (Å²) in [5.74, 6) is 2.90. The molecule has 0 spiro atoms. The standard InChI is InChI=1S/C23H34N2O2S/c1-16-3-5-21(6-4-16)28(26,27)25-8-7-22(17(25)2)24-15-23-12-18-9-19(13-23)11-20(10-18)14-23/h3-6,17-20,22,24H,7-15H2,1-2H3/t17-,18?,19?,20?,22+,23?/m0/s1. The highest BCUT2D eigenvalue weighted by molar-refractivity contribution is 7.89. The number of rotatable bonds is 5. The highest BCUT2D eigenvalue weighted by Crippen LogP contribution is 2.59. The van der Waals surface area contributed by atoms with E-state index >= 15 is 0 Å². The van der Waals surface area contributed by atoms with Gasteiger partial charge in [-0.15, -0.1) is 0 Å². The van der Waals surface area contributed by atoms with Crippen LogP contribution < -0.4 is 5.32 Å². The summed E-state index contributed by atoms with van der Waals surface area (Å²) in [6, 6.07) is 7.54. The van der Waals surface area contributed by atoms with Crippen molar-refractivity contribution in [3.05, 3.63) is 29.8 Å². The highest BCUT2D eigenvalue weighted by atomic mass is 32.2. The first-order chi connectivity index (χ1) is 13.3. The van der Waals surface area contributed by atoms with Crippen LogP contribution in [0.3, 0.4) is 0 Å². The van der Waals surface area contributed by atoms with E-state index in [2.05, 4.69) is 12.2 Å². The normalized spacial score (nSPS) is 40.3. The number of hydrogen-bond donors (Lipinski definition) is 1. The minimum Gasteiger partial charge on any atom is -0.312 e. The lowest BCUT2D eigenvalue weighted by atomic mass is 9.49. The Labute approximate surface area is 170 Å². The zero-order valence-electron chi connectivity index (χ0n) is 17.2. The summed E-state index contributed by atoms with van der Waals surface area (Å²) in [6.45, 7) is 5.77. The highest BCUT2D eigenvalue weighted by Gasteiger charge is 2.51. The molecule has 5 fully saturated rings. The maximum Gasteiger partial charge on any atom is 0.243 e. The van der Waals surface area contributed by atoms with Crippen LogP contribution in [-0.2, 0) is 10.0 Å². The molecule has 4 aliphatic carbocycles. The summed E-state index contributed by atoms with van der Waals surface area (Å²) < 4.78 is 28.0. The van der Waals surface area contributed by atoms with Gasteiger partial charge in [0.1, 0.15) is 0 Å². The summed E-state index contributed by atoms with van der Waals surface area (Å²) in [4.78, 5) is 0.423. The number of nitrogens with one attached hydrogen (secondary N) is 1. The topological polar surface area (TPSA) is 49.4 Å². The Morgan fingerprint density at radius 3 is 2.18 bits per heavy atom. The lowest BCUT2D eigenvalue weighted by Crippen LogP contribution is -2.53. The molecule has 5 aliphatic rings. The van der Waals surface area contributed by atoms with E-state index in [1.807, 2.05) is 19.1 Å². The molecule has 4 nitrogen and oxygen atoms in total. The van der Waals surface area contributed by atoms with Gasteiger partial charge in [0, 0.05) is 25.2 Å². The zero-order chi connectivity index (χ0) is 19.5. The van der Waals surface area contributed by atoms with E-state index < -0.39 is 10.0 Å². The molecule has 1 N–H and O–H groups in total. The van der Waals surface area contributed by atoms with E-state index in [1.165, 1.54) is 38.5 Å². The van der Waals surface area contributed by atoms with Crippen molar-refractivity contribution in [2.24, 2.45) is 23.2 Å². The van der Waals surface area contributed by atoms with Crippen LogP contribution in [0, 0.1) is 30.1 Å². The van der Waals surface area contributed by atoms with Crippen molar-refractivity contribution in [1.82, 2.24) is 9.62 Å². The van der Waals surface area contributed by atoms with Crippen LogP contribution in [0.4, 0.5) is 0 Å². The van der Waals surface area contributed by atoms with Gasteiger partial charge in [-0.1, -0.05) is 17.7 Å².